The zero-order valence-corrected chi connectivity index (χ0v) is 13.9. The summed E-state index contributed by atoms with van der Waals surface area (Å²) >= 11 is 1.51. The van der Waals surface area contributed by atoms with Crippen molar-refractivity contribution in [2.45, 2.75) is 33.0 Å². The summed E-state index contributed by atoms with van der Waals surface area (Å²) in [5.74, 6) is -0.00314. The van der Waals surface area contributed by atoms with Crippen LogP contribution in [0.2, 0.25) is 0 Å². The molecule has 0 N–H and O–H groups in total. The van der Waals surface area contributed by atoms with Crippen LogP contribution in [-0.4, -0.2) is 41.1 Å². The summed E-state index contributed by atoms with van der Waals surface area (Å²) in [6.07, 6.45) is 0.144. The van der Waals surface area contributed by atoms with Crippen LogP contribution in [0.3, 0.4) is 0 Å². The van der Waals surface area contributed by atoms with Crippen LogP contribution in [0.4, 0.5) is 0 Å². The fraction of sp³-hybridized carbons (Fsp3) is 0.412. The molecule has 0 aliphatic carbocycles. The van der Waals surface area contributed by atoms with E-state index in [9.17, 15) is 4.79 Å². The van der Waals surface area contributed by atoms with Gasteiger partial charge in [0.15, 0.2) is 0 Å². The molecule has 2 aromatic rings. The Morgan fingerprint density at radius 1 is 1.23 bits per heavy atom. The molecule has 22 heavy (non-hydrogen) atoms. The van der Waals surface area contributed by atoms with E-state index in [1.165, 1.54) is 16.9 Å². The number of thiazole rings is 1. The Bertz CT molecular complexity index is 656. The van der Waals surface area contributed by atoms with Crippen LogP contribution in [0, 0.1) is 6.92 Å². The van der Waals surface area contributed by atoms with Gasteiger partial charge in [-0.25, -0.2) is 4.98 Å². The fourth-order valence-corrected chi connectivity index (χ4v) is 3.51. The van der Waals surface area contributed by atoms with Crippen LogP contribution < -0.4 is 0 Å². The molecule has 1 aromatic carbocycles. The van der Waals surface area contributed by atoms with Gasteiger partial charge in [-0.2, -0.15) is 0 Å². The Balaban J connectivity index is 1.78. The number of morpholine rings is 1. The Morgan fingerprint density at radius 2 is 1.86 bits per heavy atom. The quantitative estimate of drug-likeness (QED) is 0.853. The summed E-state index contributed by atoms with van der Waals surface area (Å²) in [6.45, 7) is 7.30. The lowest BCUT2D eigenvalue weighted by Gasteiger charge is -2.34. The molecular weight excluding hydrogens is 296 g/mol. The predicted molar refractivity (Wildman–Crippen MR) is 88.2 cm³/mol. The third kappa shape index (κ3) is 3.20. The van der Waals surface area contributed by atoms with Crippen molar-refractivity contribution >= 4 is 17.2 Å². The molecule has 0 spiro atoms. The Labute approximate surface area is 134 Å². The van der Waals surface area contributed by atoms with Gasteiger partial charge in [-0.05, 0) is 20.8 Å². The van der Waals surface area contributed by atoms with Gasteiger partial charge in [-0.15, -0.1) is 11.3 Å². The van der Waals surface area contributed by atoms with E-state index in [1.807, 2.05) is 36.3 Å². The normalized spacial score (nSPS) is 21.9. The maximum Gasteiger partial charge on any atom is 0.273 e. The van der Waals surface area contributed by atoms with E-state index in [2.05, 4.69) is 24.0 Å². The number of ether oxygens (including phenoxy) is 1. The summed E-state index contributed by atoms with van der Waals surface area (Å²) in [4.78, 5) is 19.0. The van der Waals surface area contributed by atoms with Crippen LogP contribution in [0.1, 0.15) is 29.9 Å². The highest BCUT2D eigenvalue weighted by Gasteiger charge is 2.27. The van der Waals surface area contributed by atoms with Crippen molar-refractivity contribution in [2.24, 2.45) is 0 Å². The highest BCUT2D eigenvalue weighted by atomic mass is 32.1. The van der Waals surface area contributed by atoms with Gasteiger partial charge < -0.3 is 9.64 Å². The molecule has 0 bridgehead atoms. The lowest BCUT2D eigenvalue weighted by Crippen LogP contribution is -2.48. The molecular formula is C17H20N2O2S. The second-order valence-electron chi connectivity index (χ2n) is 5.87. The first-order valence-corrected chi connectivity index (χ1v) is 8.38. The van der Waals surface area contributed by atoms with Gasteiger partial charge in [0.1, 0.15) is 10.7 Å². The zero-order chi connectivity index (χ0) is 15.7. The van der Waals surface area contributed by atoms with Gasteiger partial charge in [0, 0.05) is 24.0 Å². The predicted octanol–water partition coefficient (Wildman–Crippen LogP) is 3.37. The topological polar surface area (TPSA) is 42.4 Å². The van der Waals surface area contributed by atoms with E-state index >= 15 is 0 Å². The molecule has 0 unspecified atom stereocenters. The molecule has 0 radical (unpaired) electrons. The molecule has 116 valence electrons. The van der Waals surface area contributed by atoms with Crippen molar-refractivity contribution in [2.75, 3.05) is 13.1 Å². The second kappa shape index (κ2) is 6.18. The Kier molecular flexibility index (Phi) is 4.27. The van der Waals surface area contributed by atoms with Crippen molar-refractivity contribution < 1.29 is 9.53 Å². The third-order valence-electron chi connectivity index (χ3n) is 3.73. The minimum atomic E-state index is -0.00314. The summed E-state index contributed by atoms with van der Waals surface area (Å²) < 4.78 is 5.68. The van der Waals surface area contributed by atoms with Crippen LogP contribution in [0.15, 0.2) is 29.6 Å². The number of rotatable bonds is 2. The number of carbonyl (C=O) groups excluding carboxylic acids is 1. The van der Waals surface area contributed by atoms with Gasteiger partial charge in [0.05, 0.1) is 12.2 Å². The van der Waals surface area contributed by atoms with E-state index in [0.29, 0.717) is 18.8 Å². The average molecular weight is 316 g/mol. The van der Waals surface area contributed by atoms with Crippen LogP contribution >= 0.6 is 11.3 Å². The maximum atomic E-state index is 12.6. The minimum Gasteiger partial charge on any atom is -0.372 e. The highest BCUT2D eigenvalue weighted by molar-refractivity contribution is 7.13. The highest BCUT2D eigenvalue weighted by Crippen LogP contribution is 2.25. The molecule has 2 heterocycles. The number of hydrogen-bond acceptors (Lipinski definition) is 4. The molecule has 1 aromatic heterocycles. The second-order valence-corrected chi connectivity index (χ2v) is 6.73. The van der Waals surface area contributed by atoms with Gasteiger partial charge >= 0.3 is 0 Å². The van der Waals surface area contributed by atoms with Crippen molar-refractivity contribution in [3.8, 4) is 10.6 Å². The first-order chi connectivity index (χ1) is 10.5. The van der Waals surface area contributed by atoms with Crippen molar-refractivity contribution in [1.29, 1.82) is 0 Å². The van der Waals surface area contributed by atoms with E-state index in [4.69, 9.17) is 4.74 Å². The summed E-state index contributed by atoms with van der Waals surface area (Å²) in [6, 6.07) is 8.20. The zero-order valence-electron chi connectivity index (χ0n) is 13.1. The molecule has 0 saturated carbocycles. The Hall–Kier alpha value is -1.72. The molecule has 3 rings (SSSR count). The summed E-state index contributed by atoms with van der Waals surface area (Å²) in [7, 11) is 0. The molecule has 1 fully saturated rings. The van der Waals surface area contributed by atoms with Gasteiger partial charge in [0.2, 0.25) is 0 Å². The number of hydrogen-bond donors (Lipinski definition) is 0. The largest absolute Gasteiger partial charge is 0.372 e. The monoisotopic (exact) mass is 316 g/mol. The third-order valence-corrected chi connectivity index (χ3v) is 4.62. The fourth-order valence-electron chi connectivity index (χ4n) is 2.71. The van der Waals surface area contributed by atoms with Gasteiger partial charge in [-0.3, -0.25) is 4.79 Å². The van der Waals surface area contributed by atoms with Crippen LogP contribution in [0.25, 0.3) is 10.6 Å². The van der Waals surface area contributed by atoms with Gasteiger partial charge in [-0.1, -0.05) is 29.8 Å². The molecule has 4 nitrogen and oxygen atoms in total. The van der Waals surface area contributed by atoms with E-state index in [1.54, 1.807) is 0 Å². The first-order valence-electron chi connectivity index (χ1n) is 7.50. The smallest absolute Gasteiger partial charge is 0.273 e. The minimum absolute atomic E-state index is 0.00314. The maximum absolute atomic E-state index is 12.6. The van der Waals surface area contributed by atoms with Crippen molar-refractivity contribution in [1.82, 2.24) is 9.88 Å². The molecule has 1 amide bonds. The molecule has 5 heteroatoms. The number of amides is 1. The summed E-state index contributed by atoms with van der Waals surface area (Å²) in [5, 5.41) is 2.74. The van der Waals surface area contributed by atoms with E-state index in [-0.39, 0.29) is 18.1 Å². The number of aryl methyl sites for hydroxylation is 1. The standard InChI is InChI=1S/C17H20N2O2S/c1-11-4-6-14(7-5-11)16-18-15(10-22-16)17(20)19-8-12(2)21-13(3)9-19/h4-7,10,12-13H,8-9H2,1-3H3/t12-,13-/m1/s1. The van der Waals surface area contributed by atoms with Gasteiger partial charge in [0.25, 0.3) is 5.91 Å². The van der Waals surface area contributed by atoms with Crippen molar-refractivity contribution in [3.63, 3.8) is 0 Å². The SMILES string of the molecule is Cc1ccc(-c2nc(C(=O)N3C[C@@H](C)O[C@H](C)C3)cs2)cc1. The van der Waals surface area contributed by atoms with Crippen molar-refractivity contribution in [3.05, 3.63) is 40.9 Å². The van der Waals surface area contributed by atoms with Crippen LogP contribution in [0.5, 0.6) is 0 Å². The number of benzene rings is 1. The number of carbonyl (C=O) groups is 1. The molecule has 1 aliphatic heterocycles. The van der Waals surface area contributed by atoms with E-state index < -0.39 is 0 Å². The van der Waals surface area contributed by atoms with E-state index in [0.717, 1.165) is 10.6 Å². The number of nitrogens with zero attached hydrogens (tertiary/aromatic N) is 2. The Morgan fingerprint density at radius 3 is 2.50 bits per heavy atom. The van der Waals surface area contributed by atoms with Crippen LogP contribution in [-0.2, 0) is 4.74 Å². The molecule has 1 saturated heterocycles. The lowest BCUT2D eigenvalue weighted by molar-refractivity contribution is -0.0587. The first kappa shape index (κ1) is 15.2. The lowest BCUT2D eigenvalue weighted by atomic mass is 10.2. The molecule has 2 atom stereocenters. The summed E-state index contributed by atoms with van der Waals surface area (Å²) in [5.41, 5.74) is 2.80. The average Bonchev–Trinajstić information content (AvgIpc) is 2.96. The number of aromatic nitrogens is 1. The molecule has 1 aliphatic rings.